The van der Waals surface area contributed by atoms with Crippen LogP contribution in [0.4, 0.5) is 0 Å². The number of ether oxygens (including phenoxy) is 1. The molecule has 3 saturated heterocycles. The third-order valence-corrected chi connectivity index (χ3v) is 8.64. The van der Waals surface area contributed by atoms with Gasteiger partial charge in [0.1, 0.15) is 0 Å². The predicted molar refractivity (Wildman–Crippen MR) is 82.0 cm³/mol. The van der Waals surface area contributed by atoms with E-state index < -0.39 is 33.8 Å². The molecule has 23 heavy (non-hydrogen) atoms. The first-order valence-corrected chi connectivity index (χ1v) is 8.80. The Bertz CT molecular complexity index is 659. The zero-order valence-corrected chi connectivity index (χ0v) is 14.8. The van der Waals surface area contributed by atoms with Crippen molar-refractivity contribution in [3.63, 3.8) is 0 Å². The van der Waals surface area contributed by atoms with E-state index in [1.54, 1.807) is 0 Å². The van der Waals surface area contributed by atoms with Crippen molar-refractivity contribution < 1.29 is 19.2 Å². The van der Waals surface area contributed by atoms with E-state index in [4.69, 9.17) is 56.0 Å². The SMILES string of the molecule is CON1C(=O)[C@@H]2[C@H](C1=O)[C@@H]1O[C@H]2C2C1[C@]1(Cl)C[C@@]2(Cl)C(Cl)=C1Cl. The highest BCUT2D eigenvalue weighted by Gasteiger charge is 2.81. The smallest absolute Gasteiger partial charge is 0.260 e. The fourth-order valence-corrected chi connectivity index (χ4v) is 7.46. The summed E-state index contributed by atoms with van der Waals surface area (Å²) in [5.41, 5.74) is 0. The Kier molecular flexibility index (Phi) is 2.78. The van der Waals surface area contributed by atoms with Crippen LogP contribution in [0.1, 0.15) is 6.42 Å². The van der Waals surface area contributed by atoms with E-state index in [0.29, 0.717) is 16.5 Å². The van der Waals surface area contributed by atoms with E-state index in [9.17, 15) is 9.59 Å². The summed E-state index contributed by atoms with van der Waals surface area (Å²) in [5.74, 6) is -2.43. The predicted octanol–water partition coefficient (Wildman–Crippen LogP) is 2.22. The first-order valence-electron chi connectivity index (χ1n) is 7.29. The first-order chi connectivity index (χ1) is 10.8. The second-order valence-electron chi connectivity index (χ2n) is 6.85. The summed E-state index contributed by atoms with van der Waals surface area (Å²) in [6.45, 7) is 0. The lowest BCUT2D eigenvalue weighted by Gasteiger charge is -2.40. The van der Waals surface area contributed by atoms with Crippen LogP contribution in [0, 0.1) is 23.7 Å². The number of allylic oxidation sites excluding steroid dienone is 2. The van der Waals surface area contributed by atoms with E-state index >= 15 is 0 Å². The largest absolute Gasteiger partial charge is 0.373 e. The second kappa shape index (κ2) is 4.19. The van der Waals surface area contributed by atoms with Crippen molar-refractivity contribution in [2.75, 3.05) is 7.11 Å². The van der Waals surface area contributed by atoms with Gasteiger partial charge in [-0.3, -0.25) is 14.4 Å². The molecular formula is C14H11Cl4NO4. The van der Waals surface area contributed by atoms with Crippen molar-refractivity contribution in [3.8, 4) is 0 Å². The summed E-state index contributed by atoms with van der Waals surface area (Å²) in [6, 6.07) is 0. The quantitative estimate of drug-likeness (QED) is 0.502. The lowest BCUT2D eigenvalue weighted by molar-refractivity contribution is -0.184. The minimum atomic E-state index is -0.931. The van der Waals surface area contributed by atoms with Crippen molar-refractivity contribution in [2.24, 2.45) is 23.7 Å². The lowest BCUT2D eigenvalue weighted by Crippen LogP contribution is -2.50. The van der Waals surface area contributed by atoms with Crippen molar-refractivity contribution >= 4 is 58.2 Å². The number of carbonyl (C=O) groups is 2. The third kappa shape index (κ3) is 1.37. The first kappa shape index (κ1) is 15.2. The highest BCUT2D eigenvalue weighted by Crippen LogP contribution is 2.75. The summed E-state index contributed by atoms with van der Waals surface area (Å²) in [6.07, 6.45) is -0.603. The summed E-state index contributed by atoms with van der Waals surface area (Å²) in [7, 11) is 1.30. The lowest BCUT2D eigenvalue weighted by atomic mass is 9.65. The van der Waals surface area contributed by atoms with Crippen LogP contribution in [0.5, 0.6) is 0 Å². The average molecular weight is 399 g/mol. The van der Waals surface area contributed by atoms with Gasteiger partial charge in [-0.15, -0.1) is 23.2 Å². The van der Waals surface area contributed by atoms with Gasteiger partial charge in [0.25, 0.3) is 11.8 Å². The highest BCUT2D eigenvalue weighted by molar-refractivity contribution is 6.51. The number of hydrogen-bond acceptors (Lipinski definition) is 4. The maximum absolute atomic E-state index is 12.5. The molecule has 1 saturated carbocycles. The van der Waals surface area contributed by atoms with Crippen LogP contribution < -0.4 is 0 Å². The summed E-state index contributed by atoms with van der Waals surface area (Å²) < 4.78 is 6.01. The van der Waals surface area contributed by atoms with Gasteiger partial charge in [0.05, 0.1) is 51.0 Å². The summed E-state index contributed by atoms with van der Waals surface area (Å²) >= 11 is 26.3. The molecule has 2 unspecified atom stereocenters. The number of carbonyl (C=O) groups excluding carboxylic acids is 2. The Morgan fingerprint density at radius 1 is 1.04 bits per heavy atom. The molecule has 0 N–H and O–H groups in total. The second-order valence-corrected chi connectivity index (χ2v) is 8.96. The molecule has 3 aliphatic heterocycles. The average Bonchev–Trinajstić information content (AvgIpc) is 3.21. The Labute approximate surface area is 151 Å². The van der Waals surface area contributed by atoms with Crippen LogP contribution in [0.2, 0.25) is 0 Å². The van der Waals surface area contributed by atoms with Gasteiger partial charge in [-0.25, -0.2) is 0 Å². The molecule has 5 aliphatic rings. The van der Waals surface area contributed by atoms with Crippen LogP contribution >= 0.6 is 46.4 Å². The van der Waals surface area contributed by atoms with Crippen molar-refractivity contribution in [1.82, 2.24) is 5.06 Å². The number of rotatable bonds is 1. The van der Waals surface area contributed by atoms with E-state index in [1.165, 1.54) is 7.11 Å². The molecule has 124 valence electrons. The molecule has 0 aromatic heterocycles. The van der Waals surface area contributed by atoms with Crippen LogP contribution in [0.3, 0.4) is 0 Å². The molecule has 2 aliphatic carbocycles. The van der Waals surface area contributed by atoms with Gasteiger partial charge in [-0.05, 0) is 6.42 Å². The van der Waals surface area contributed by atoms with Crippen molar-refractivity contribution in [2.45, 2.75) is 28.4 Å². The van der Waals surface area contributed by atoms with Crippen molar-refractivity contribution in [1.29, 1.82) is 0 Å². The van der Waals surface area contributed by atoms with Crippen molar-refractivity contribution in [3.05, 3.63) is 10.1 Å². The fourth-order valence-electron chi connectivity index (χ4n) is 5.44. The Morgan fingerprint density at radius 3 is 1.87 bits per heavy atom. The monoisotopic (exact) mass is 397 g/mol. The molecule has 4 bridgehead atoms. The van der Waals surface area contributed by atoms with Crippen LogP contribution in [0.15, 0.2) is 10.1 Å². The minimum Gasteiger partial charge on any atom is -0.373 e. The van der Waals surface area contributed by atoms with Gasteiger partial charge in [-0.1, -0.05) is 23.2 Å². The number of alkyl halides is 2. The number of fused-ring (bicyclic) bond motifs is 12. The molecular weight excluding hydrogens is 388 g/mol. The van der Waals surface area contributed by atoms with Crippen LogP contribution in [-0.4, -0.2) is 45.9 Å². The van der Waals surface area contributed by atoms with E-state index in [0.717, 1.165) is 5.06 Å². The molecule has 2 amide bonds. The number of halogens is 4. The molecule has 5 rings (SSSR count). The summed E-state index contributed by atoms with van der Waals surface area (Å²) in [4.78, 5) is 28.1. The number of hydroxylamine groups is 2. The Hall–Kier alpha value is -0.0400. The standard InChI is InChI=1S/C14H11Cl4NO4/c1-22-19-11(20)3-4(12(19)21)8-6-5(7(3)23-8)13(17)2-14(6,18)10(16)9(13)15/h3-8H,2H2,1H3/t3-,4+,5?,6?,7-,8+,13+,14-. The molecule has 3 heterocycles. The van der Waals surface area contributed by atoms with E-state index in [-0.39, 0.29) is 23.7 Å². The van der Waals surface area contributed by atoms with Crippen LogP contribution in [-0.2, 0) is 19.2 Å². The Morgan fingerprint density at radius 2 is 1.48 bits per heavy atom. The maximum Gasteiger partial charge on any atom is 0.260 e. The van der Waals surface area contributed by atoms with Gasteiger partial charge >= 0.3 is 0 Å². The number of hydrogen-bond donors (Lipinski definition) is 0. The fraction of sp³-hybridized carbons (Fsp3) is 0.714. The topological polar surface area (TPSA) is 55.8 Å². The number of amides is 2. The normalized spacial score (nSPS) is 56.1. The zero-order chi connectivity index (χ0) is 16.5. The van der Waals surface area contributed by atoms with Gasteiger partial charge in [0.2, 0.25) is 0 Å². The third-order valence-electron chi connectivity index (χ3n) is 6.15. The van der Waals surface area contributed by atoms with E-state index in [2.05, 4.69) is 0 Å². The minimum absolute atomic E-state index is 0.239. The number of nitrogens with zero attached hydrogens (tertiary/aromatic N) is 1. The molecule has 0 aromatic carbocycles. The number of imide groups is 1. The maximum atomic E-state index is 12.5. The van der Waals surface area contributed by atoms with Gasteiger partial charge < -0.3 is 4.74 Å². The molecule has 0 spiro atoms. The Balaban J connectivity index is 1.65. The molecule has 0 aromatic rings. The zero-order valence-electron chi connectivity index (χ0n) is 11.8. The molecule has 5 nitrogen and oxygen atoms in total. The molecule has 0 radical (unpaired) electrons. The van der Waals surface area contributed by atoms with Crippen LogP contribution in [0.25, 0.3) is 0 Å². The molecule has 8 atom stereocenters. The summed E-state index contributed by atoms with van der Waals surface area (Å²) in [5, 5.41) is 1.49. The van der Waals surface area contributed by atoms with E-state index in [1.807, 2.05) is 0 Å². The highest BCUT2D eigenvalue weighted by atomic mass is 35.5. The van der Waals surface area contributed by atoms with Gasteiger partial charge in [0.15, 0.2) is 0 Å². The molecule has 4 fully saturated rings. The van der Waals surface area contributed by atoms with Gasteiger partial charge in [-0.2, -0.15) is 5.06 Å². The molecule has 9 heteroatoms. The van der Waals surface area contributed by atoms with Gasteiger partial charge in [0, 0.05) is 11.8 Å².